The Balaban J connectivity index is 1.92. The molecule has 2 aliphatic rings. The Kier molecular flexibility index (Phi) is 1.91. The highest BCUT2D eigenvalue weighted by atomic mass is 16.1. The van der Waals surface area contributed by atoms with Gasteiger partial charge in [-0.25, -0.2) is 0 Å². The van der Waals surface area contributed by atoms with E-state index in [4.69, 9.17) is 0 Å². The van der Waals surface area contributed by atoms with Crippen LogP contribution >= 0.6 is 0 Å². The van der Waals surface area contributed by atoms with Crippen LogP contribution in [0.2, 0.25) is 0 Å². The van der Waals surface area contributed by atoms with Crippen LogP contribution in [0.3, 0.4) is 0 Å². The van der Waals surface area contributed by atoms with Gasteiger partial charge in [-0.05, 0) is 36.6 Å². The van der Waals surface area contributed by atoms with Gasteiger partial charge < -0.3 is 10.2 Å². The smallest absolute Gasteiger partial charge is 0.228 e. The van der Waals surface area contributed by atoms with Crippen molar-refractivity contribution in [1.82, 2.24) is 0 Å². The van der Waals surface area contributed by atoms with Crippen molar-refractivity contribution in [2.75, 3.05) is 23.3 Å². The number of hydrogen-bond donors (Lipinski definition) is 1. The summed E-state index contributed by atoms with van der Waals surface area (Å²) in [5.41, 5.74) is 3.40. The monoisotopic (exact) mass is 202 g/mol. The number of rotatable bonds is 1. The number of carbonyl (C=O) groups excluding carboxylic acids is 1. The van der Waals surface area contributed by atoms with Crippen molar-refractivity contribution in [1.29, 1.82) is 0 Å². The molecule has 0 unspecified atom stereocenters. The van der Waals surface area contributed by atoms with Crippen molar-refractivity contribution >= 4 is 17.3 Å². The Morgan fingerprint density at radius 3 is 2.80 bits per heavy atom. The van der Waals surface area contributed by atoms with E-state index in [1.165, 1.54) is 18.5 Å². The molecule has 0 saturated carbocycles. The number of hydrogen-bond acceptors (Lipinski definition) is 2. The first-order valence-electron chi connectivity index (χ1n) is 5.51. The Labute approximate surface area is 89.1 Å². The van der Waals surface area contributed by atoms with E-state index in [2.05, 4.69) is 22.3 Å². The van der Waals surface area contributed by atoms with E-state index < -0.39 is 0 Å². The number of nitrogens with zero attached hydrogens (tertiary/aromatic N) is 1. The van der Waals surface area contributed by atoms with Crippen molar-refractivity contribution in [3.63, 3.8) is 0 Å². The Bertz CT molecular complexity index is 408. The highest BCUT2D eigenvalue weighted by Gasteiger charge is 2.19. The predicted molar refractivity (Wildman–Crippen MR) is 60.2 cm³/mol. The van der Waals surface area contributed by atoms with Crippen molar-refractivity contribution in [2.45, 2.75) is 19.3 Å². The predicted octanol–water partition coefficient (Wildman–Crippen LogP) is 1.78. The van der Waals surface area contributed by atoms with E-state index in [-0.39, 0.29) is 5.91 Å². The lowest BCUT2D eigenvalue weighted by molar-refractivity contribution is -0.115. The molecule has 0 bridgehead atoms. The van der Waals surface area contributed by atoms with Gasteiger partial charge in [-0.15, -0.1) is 0 Å². The molecular weight excluding hydrogens is 188 g/mol. The molecule has 1 fully saturated rings. The van der Waals surface area contributed by atoms with Crippen LogP contribution in [0.5, 0.6) is 0 Å². The maximum Gasteiger partial charge on any atom is 0.228 e. The standard InChI is InChI=1S/C12H14N2O/c15-12-8-9-7-10(3-4-11(9)13-12)14-5-1-2-6-14/h3-4,7H,1-2,5-6,8H2,(H,13,15). The van der Waals surface area contributed by atoms with Crippen LogP contribution in [0.15, 0.2) is 18.2 Å². The fourth-order valence-electron chi connectivity index (χ4n) is 2.39. The molecule has 2 heterocycles. The summed E-state index contributed by atoms with van der Waals surface area (Å²) in [6.07, 6.45) is 3.11. The molecule has 15 heavy (non-hydrogen) atoms. The van der Waals surface area contributed by atoms with Crippen LogP contribution in [0.25, 0.3) is 0 Å². The fraction of sp³-hybridized carbons (Fsp3) is 0.417. The van der Waals surface area contributed by atoms with Gasteiger partial charge in [0.2, 0.25) is 5.91 Å². The lowest BCUT2D eigenvalue weighted by Gasteiger charge is -2.18. The Morgan fingerprint density at radius 2 is 2.00 bits per heavy atom. The minimum atomic E-state index is 0.114. The molecule has 0 spiro atoms. The average molecular weight is 202 g/mol. The zero-order valence-electron chi connectivity index (χ0n) is 8.62. The third kappa shape index (κ3) is 1.48. The maximum absolute atomic E-state index is 11.2. The average Bonchev–Trinajstić information content (AvgIpc) is 2.82. The maximum atomic E-state index is 11.2. The van der Waals surface area contributed by atoms with Gasteiger partial charge in [-0.3, -0.25) is 4.79 Å². The van der Waals surface area contributed by atoms with E-state index in [0.29, 0.717) is 6.42 Å². The molecule has 3 rings (SSSR count). The van der Waals surface area contributed by atoms with E-state index >= 15 is 0 Å². The number of carbonyl (C=O) groups is 1. The van der Waals surface area contributed by atoms with Crippen LogP contribution in [-0.2, 0) is 11.2 Å². The zero-order valence-corrected chi connectivity index (χ0v) is 8.62. The molecule has 1 aromatic carbocycles. The lowest BCUT2D eigenvalue weighted by Crippen LogP contribution is -2.17. The van der Waals surface area contributed by atoms with Gasteiger partial charge in [-0.2, -0.15) is 0 Å². The first-order valence-corrected chi connectivity index (χ1v) is 5.51. The number of benzene rings is 1. The lowest BCUT2D eigenvalue weighted by atomic mass is 10.1. The summed E-state index contributed by atoms with van der Waals surface area (Å²) < 4.78 is 0. The summed E-state index contributed by atoms with van der Waals surface area (Å²) in [5, 5.41) is 2.86. The number of amides is 1. The summed E-state index contributed by atoms with van der Waals surface area (Å²) in [6, 6.07) is 6.28. The van der Waals surface area contributed by atoms with E-state index in [0.717, 1.165) is 24.3 Å². The van der Waals surface area contributed by atoms with Crippen molar-refractivity contribution in [2.24, 2.45) is 0 Å². The summed E-state index contributed by atoms with van der Waals surface area (Å²) in [6.45, 7) is 2.31. The van der Waals surface area contributed by atoms with Gasteiger partial charge in [-0.1, -0.05) is 0 Å². The van der Waals surface area contributed by atoms with Gasteiger partial charge in [0.05, 0.1) is 6.42 Å². The SMILES string of the molecule is O=C1Cc2cc(N3CCCC3)ccc2N1. The minimum absolute atomic E-state index is 0.114. The number of nitrogens with one attached hydrogen (secondary N) is 1. The van der Waals surface area contributed by atoms with Crippen LogP contribution in [0, 0.1) is 0 Å². The molecule has 1 amide bonds. The topological polar surface area (TPSA) is 32.3 Å². The Hall–Kier alpha value is -1.51. The Morgan fingerprint density at radius 1 is 1.20 bits per heavy atom. The second kappa shape index (κ2) is 3.26. The first kappa shape index (κ1) is 8.77. The van der Waals surface area contributed by atoms with Gasteiger partial charge in [0.25, 0.3) is 0 Å². The molecule has 1 saturated heterocycles. The molecule has 0 radical (unpaired) electrons. The fourth-order valence-corrected chi connectivity index (χ4v) is 2.39. The van der Waals surface area contributed by atoms with Gasteiger partial charge >= 0.3 is 0 Å². The van der Waals surface area contributed by atoms with Gasteiger partial charge in [0, 0.05) is 24.5 Å². The molecule has 1 N–H and O–H groups in total. The molecule has 0 atom stereocenters. The zero-order chi connectivity index (χ0) is 10.3. The molecule has 0 aromatic heterocycles. The summed E-state index contributed by atoms with van der Waals surface area (Å²) in [7, 11) is 0. The van der Waals surface area contributed by atoms with Crippen LogP contribution in [0.4, 0.5) is 11.4 Å². The van der Waals surface area contributed by atoms with Crippen molar-refractivity contribution < 1.29 is 4.79 Å². The summed E-state index contributed by atoms with van der Waals surface area (Å²) in [4.78, 5) is 13.6. The molecule has 3 heteroatoms. The minimum Gasteiger partial charge on any atom is -0.372 e. The summed E-state index contributed by atoms with van der Waals surface area (Å²) >= 11 is 0. The summed E-state index contributed by atoms with van der Waals surface area (Å²) in [5.74, 6) is 0.114. The normalized spacial score (nSPS) is 19.2. The molecule has 78 valence electrons. The number of fused-ring (bicyclic) bond motifs is 1. The quantitative estimate of drug-likeness (QED) is 0.753. The molecule has 2 aliphatic heterocycles. The van der Waals surface area contributed by atoms with Crippen molar-refractivity contribution in [3.05, 3.63) is 23.8 Å². The first-order chi connectivity index (χ1) is 7.33. The van der Waals surface area contributed by atoms with Gasteiger partial charge in [0.1, 0.15) is 0 Å². The van der Waals surface area contributed by atoms with Crippen LogP contribution in [-0.4, -0.2) is 19.0 Å². The molecule has 3 nitrogen and oxygen atoms in total. The second-order valence-electron chi connectivity index (χ2n) is 4.26. The molecule has 0 aliphatic carbocycles. The third-order valence-corrected chi connectivity index (χ3v) is 3.19. The van der Waals surface area contributed by atoms with E-state index in [1.807, 2.05) is 6.07 Å². The van der Waals surface area contributed by atoms with E-state index in [9.17, 15) is 4.79 Å². The van der Waals surface area contributed by atoms with Crippen LogP contribution < -0.4 is 10.2 Å². The molecular formula is C12H14N2O. The highest BCUT2D eigenvalue weighted by molar-refractivity contribution is 5.99. The third-order valence-electron chi connectivity index (χ3n) is 3.19. The largest absolute Gasteiger partial charge is 0.372 e. The molecule has 1 aromatic rings. The van der Waals surface area contributed by atoms with E-state index in [1.54, 1.807) is 0 Å². The van der Waals surface area contributed by atoms with Gasteiger partial charge in [0.15, 0.2) is 0 Å². The highest BCUT2D eigenvalue weighted by Crippen LogP contribution is 2.29. The number of anilines is 2. The second-order valence-corrected chi connectivity index (χ2v) is 4.26. The van der Waals surface area contributed by atoms with Crippen LogP contribution in [0.1, 0.15) is 18.4 Å². The van der Waals surface area contributed by atoms with Crippen molar-refractivity contribution in [3.8, 4) is 0 Å².